The summed E-state index contributed by atoms with van der Waals surface area (Å²) in [6.45, 7) is 5.56. The predicted molar refractivity (Wildman–Crippen MR) is 105 cm³/mol. The first-order valence-electron chi connectivity index (χ1n) is 9.89. The quantitative estimate of drug-likeness (QED) is 0.623. The molecule has 3 rings (SSSR count). The molecule has 1 saturated carbocycles. The number of hydrogen-bond acceptors (Lipinski definition) is 4. The highest BCUT2D eigenvalue weighted by Crippen LogP contribution is 2.31. The normalized spacial score (nSPS) is 22.9. The van der Waals surface area contributed by atoms with Gasteiger partial charge in [0.25, 0.3) is 0 Å². The average molecular weight is 385 g/mol. The second kappa shape index (κ2) is 8.12. The van der Waals surface area contributed by atoms with Crippen LogP contribution < -0.4 is 5.32 Å². The molecule has 150 valence electrons. The first-order valence-corrected chi connectivity index (χ1v) is 9.89. The topological polar surface area (TPSA) is 86.8 Å². The van der Waals surface area contributed by atoms with Crippen molar-refractivity contribution in [1.29, 1.82) is 0 Å². The van der Waals surface area contributed by atoms with E-state index in [0.29, 0.717) is 12.1 Å². The molecule has 0 aromatic heterocycles. The lowest BCUT2D eigenvalue weighted by atomic mass is 9.85. The first-order chi connectivity index (χ1) is 13.3. The molecule has 7 nitrogen and oxygen atoms in total. The Balaban J connectivity index is 1.72. The van der Waals surface area contributed by atoms with Gasteiger partial charge in [0, 0.05) is 11.7 Å². The second-order valence-electron chi connectivity index (χ2n) is 7.97. The Morgan fingerprint density at radius 1 is 1.11 bits per heavy atom. The van der Waals surface area contributed by atoms with E-state index < -0.39 is 30.3 Å². The van der Waals surface area contributed by atoms with Crippen LogP contribution in [0.5, 0.6) is 0 Å². The number of hydrogen-bond donors (Lipinski definition) is 1. The molecule has 1 aliphatic heterocycles. The van der Waals surface area contributed by atoms with Crippen LogP contribution >= 0.6 is 0 Å². The molecule has 1 N–H and O–H groups in total. The van der Waals surface area contributed by atoms with Gasteiger partial charge < -0.3 is 5.32 Å². The average Bonchev–Trinajstić information content (AvgIpc) is 2.86. The van der Waals surface area contributed by atoms with Gasteiger partial charge in [0.05, 0.1) is 0 Å². The summed E-state index contributed by atoms with van der Waals surface area (Å²) in [6.07, 6.45) is 3.60. The molecule has 0 bridgehead atoms. The largest absolute Gasteiger partial charge is 0.334 e. The highest BCUT2D eigenvalue weighted by molar-refractivity contribution is 6.45. The lowest BCUT2D eigenvalue weighted by Gasteiger charge is -2.34. The van der Waals surface area contributed by atoms with Crippen LogP contribution in [0.3, 0.4) is 0 Å². The minimum atomic E-state index is -0.921. The third kappa shape index (κ3) is 3.79. The standard InChI is InChI=1S/C21H27N3O4/c1-13(2)15-9-5-6-10-16(15)22-18(25)12-23-19(26)20(27)24(21(23)28)17-11-7-4-8-14(17)3/h5-6,9-10,13-14,17H,4,7-8,11-12H2,1-3H3,(H,22,25)/t14-,17-/m1/s1. The Labute approximate surface area is 165 Å². The third-order valence-electron chi connectivity index (χ3n) is 5.64. The molecule has 1 aromatic rings. The van der Waals surface area contributed by atoms with Gasteiger partial charge >= 0.3 is 17.8 Å². The number of nitrogens with one attached hydrogen (secondary N) is 1. The predicted octanol–water partition coefficient (Wildman–Crippen LogP) is 3.12. The van der Waals surface area contributed by atoms with Gasteiger partial charge in [-0.05, 0) is 36.3 Å². The molecule has 2 atom stereocenters. The highest BCUT2D eigenvalue weighted by atomic mass is 16.2. The highest BCUT2D eigenvalue weighted by Gasteiger charge is 2.49. The number of benzene rings is 1. The zero-order valence-electron chi connectivity index (χ0n) is 16.6. The zero-order valence-corrected chi connectivity index (χ0v) is 16.6. The molecule has 2 fully saturated rings. The van der Waals surface area contributed by atoms with Crippen LogP contribution in [0.2, 0.25) is 0 Å². The van der Waals surface area contributed by atoms with Crippen LogP contribution in [-0.4, -0.2) is 46.1 Å². The summed E-state index contributed by atoms with van der Waals surface area (Å²) in [5.74, 6) is -1.88. The van der Waals surface area contributed by atoms with Gasteiger partial charge in [0.1, 0.15) is 6.54 Å². The van der Waals surface area contributed by atoms with E-state index in [1.807, 2.05) is 39.0 Å². The molecular formula is C21H27N3O4. The van der Waals surface area contributed by atoms with Crippen molar-refractivity contribution in [1.82, 2.24) is 9.80 Å². The van der Waals surface area contributed by atoms with Gasteiger partial charge in [-0.25, -0.2) is 9.69 Å². The van der Waals surface area contributed by atoms with E-state index in [1.165, 1.54) is 0 Å². The molecule has 0 spiro atoms. The molecule has 1 aliphatic carbocycles. The van der Waals surface area contributed by atoms with E-state index in [1.54, 1.807) is 6.07 Å². The monoisotopic (exact) mass is 385 g/mol. The number of rotatable bonds is 5. The molecule has 7 heteroatoms. The lowest BCUT2D eigenvalue weighted by Crippen LogP contribution is -2.46. The van der Waals surface area contributed by atoms with E-state index >= 15 is 0 Å². The van der Waals surface area contributed by atoms with E-state index in [-0.39, 0.29) is 17.9 Å². The number of amides is 5. The van der Waals surface area contributed by atoms with Crippen molar-refractivity contribution in [3.8, 4) is 0 Å². The molecular weight excluding hydrogens is 358 g/mol. The number of carbonyl (C=O) groups is 4. The van der Waals surface area contributed by atoms with Crippen molar-refractivity contribution in [2.24, 2.45) is 5.92 Å². The van der Waals surface area contributed by atoms with Crippen LogP contribution in [0.1, 0.15) is 57.9 Å². The fourth-order valence-corrected chi connectivity index (χ4v) is 4.08. The van der Waals surface area contributed by atoms with Crippen molar-refractivity contribution in [3.05, 3.63) is 29.8 Å². The fourth-order valence-electron chi connectivity index (χ4n) is 4.08. The van der Waals surface area contributed by atoms with Crippen LogP contribution in [0, 0.1) is 5.92 Å². The van der Waals surface area contributed by atoms with Crippen molar-refractivity contribution in [2.75, 3.05) is 11.9 Å². The maximum Gasteiger partial charge on any atom is 0.334 e. The second-order valence-corrected chi connectivity index (χ2v) is 7.97. The molecule has 0 unspecified atom stereocenters. The number of nitrogens with zero attached hydrogens (tertiary/aromatic N) is 2. The van der Waals surface area contributed by atoms with Crippen molar-refractivity contribution in [2.45, 2.75) is 58.4 Å². The van der Waals surface area contributed by atoms with Gasteiger partial charge in [0.2, 0.25) is 5.91 Å². The maximum atomic E-state index is 12.8. The minimum absolute atomic E-state index is 0.154. The SMILES string of the molecule is CC(C)c1ccccc1NC(=O)CN1C(=O)C(=O)N([C@@H]2CCCC[C@H]2C)C1=O. The Kier molecular flexibility index (Phi) is 5.82. The van der Waals surface area contributed by atoms with E-state index in [9.17, 15) is 19.2 Å². The van der Waals surface area contributed by atoms with E-state index in [2.05, 4.69) is 5.32 Å². The van der Waals surface area contributed by atoms with E-state index in [0.717, 1.165) is 34.6 Å². The summed E-state index contributed by atoms with van der Waals surface area (Å²) in [4.78, 5) is 51.9. The van der Waals surface area contributed by atoms with Gasteiger partial charge in [-0.2, -0.15) is 0 Å². The van der Waals surface area contributed by atoms with Crippen LogP contribution in [0.15, 0.2) is 24.3 Å². The molecule has 1 aromatic carbocycles. The van der Waals surface area contributed by atoms with Gasteiger partial charge in [0.15, 0.2) is 0 Å². The molecule has 1 saturated heterocycles. The molecule has 0 radical (unpaired) electrons. The summed E-state index contributed by atoms with van der Waals surface area (Å²) in [5.41, 5.74) is 1.61. The Morgan fingerprint density at radius 2 is 1.79 bits per heavy atom. The smallest absolute Gasteiger partial charge is 0.324 e. The van der Waals surface area contributed by atoms with Crippen molar-refractivity contribution < 1.29 is 19.2 Å². The Morgan fingerprint density at radius 3 is 2.46 bits per heavy atom. The molecule has 28 heavy (non-hydrogen) atoms. The van der Waals surface area contributed by atoms with Gasteiger partial charge in [-0.15, -0.1) is 0 Å². The fraction of sp³-hybridized carbons (Fsp3) is 0.524. The first kappa shape index (κ1) is 20.0. The van der Waals surface area contributed by atoms with Crippen molar-refractivity contribution in [3.63, 3.8) is 0 Å². The number of carbonyl (C=O) groups excluding carboxylic acids is 4. The number of para-hydroxylation sites is 1. The van der Waals surface area contributed by atoms with Crippen LogP contribution in [-0.2, 0) is 14.4 Å². The summed E-state index contributed by atoms with van der Waals surface area (Å²) in [5, 5.41) is 2.76. The summed E-state index contributed by atoms with van der Waals surface area (Å²) < 4.78 is 0. The molecule has 1 heterocycles. The third-order valence-corrected chi connectivity index (χ3v) is 5.64. The molecule has 2 aliphatic rings. The van der Waals surface area contributed by atoms with Crippen LogP contribution in [0.4, 0.5) is 10.5 Å². The van der Waals surface area contributed by atoms with Crippen LogP contribution in [0.25, 0.3) is 0 Å². The Bertz CT molecular complexity index is 805. The van der Waals surface area contributed by atoms with E-state index in [4.69, 9.17) is 0 Å². The minimum Gasteiger partial charge on any atom is -0.324 e. The summed E-state index contributed by atoms with van der Waals surface area (Å²) in [7, 11) is 0. The van der Waals surface area contributed by atoms with Gasteiger partial charge in [-0.3, -0.25) is 19.3 Å². The lowest BCUT2D eigenvalue weighted by molar-refractivity contribution is -0.145. The summed E-state index contributed by atoms with van der Waals surface area (Å²) in [6, 6.07) is 6.45. The Hall–Kier alpha value is -2.70. The van der Waals surface area contributed by atoms with Gasteiger partial charge in [-0.1, -0.05) is 51.8 Å². The molecule has 5 amide bonds. The maximum absolute atomic E-state index is 12.8. The summed E-state index contributed by atoms with van der Waals surface area (Å²) >= 11 is 0. The zero-order chi connectivity index (χ0) is 20.4. The number of anilines is 1. The van der Waals surface area contributed by atoms with Crippen molar-refractivity contribution >= 4 is 29.4 Å². The number of urea groups is 1. The number of imide groups is 2.